The number of carbonyl (C=O) groups is 1. The van der Waals surface area contributed by atoms with Crippen molar-refractivity contribution in [2.24, 2.45) is 17.6 Å². The molecule has 20 heavy (non-hydrogen) atoms. The van der Waals surface area contributed by atoms with Gasteiger partial charge < -0.3 is 16.0 Å². The van der Waals surface area contributed by atoms with Crippen LogP contribution in [0.3, 0.4) is 0 Å². The third-order valence-electron chi connectivity index (χ3n) is 3.53. The second kappa shape index (κ2) is 12.7. The van der Waals surface area contributed by atoms with Crippen molar-refractivity contribution in [3.63, 3.8) is 0 Å². The molecule has 1 aliphatic rings. The zero-order valence-corrected chi connectivity index (χ0v) is 14.4. The highest BCUT2D eigenvalue weighted by molar-refractivity contribution is 5.85. The van der Waals surface area contributed by atoms with Crippen LogP contribution in [0, 0.1) is 11.8 Å². The lowest BCUT2D eigenvalue weighted by Crippen LogP contribution is -2.40. The Hall–Kier alpha value is -0.0300. The quantitative estimate of drug-likeness (QED) is 0.703. The maximum absolute atomic E-state index is 11.4. The van der Waals surface area contributed by atoms with Crippen LogP contribution in [0.4, 0.5) is 0 Å². The molecule has 1 amide bonds. The molecule has 0 saturated carbocycles. The van der Waals surface area contributed by atoms with Gasteiger partial charge in [-0.2, -0.15) is 0 Å². The molecule has 6 heteroatoms. The van der Waals surface area contributed by atoms with Crippen molar-refractivity contribution in [1.82, 2.24) is 10.2 Å². The molecule has 2 atom stereocenters. The molecule has 0 bridgehead atoms. The third kappa shape index (κ3) is 9.81. The van der Waals surface area contributed by atoms with Crippen LogP contribution >= 0.6 is 24.8 Å². The van der Waals surface area contributed by atoms with E-state index in [2.05, 4.69) is 24.1 Å². The van der Waals surface area contributed by atoms with Gasteiger partial charge in [-0.25, -0.2) is 0 Å². The molecule has 0 aliphatic carbocycles. The minimum Gasteiger partial charge on any atom is -0.356 e. The molecule has 122 valence electrons. The minimum absolute atomic E-state index is 0. The van der Waals surface area contributed by atoms with Gasteiger partial charge in [0, 0.05) is 26.1 Å². The lowest BCUT2D eigenvalue weighted by Gasteiger charge is -2.34. The van der Waals surface area contributed by atoms with Gasteiger partial charge in [0.15, 0.2) is 0 Å². The van der Waals surface area contributed by atoms with Crippen LogP contribution in [0.15, 0.2) is 0 Å². The molecule has 0 spiro atoms. The molecule has 3 N–H and O–H groups in total. The molecule has 0 aromatic heterocycles. The summed E-state index contributed by atoms with van der Waals surface area (Å²) in [7, 11) is 0. The van der Waals surface area contributed by atoms with Crippen molar-refractivity contribution in [1.29, 1.82) is 0 Å². The molecule has 1 fully saturated rings. The number of amides is 1. The Kier molecular flexibility index (Phi) is 14.1. The lowest BCUT2D eigenvalue weighted by molar-refractivity contribution is -0.121. The maximum Gasteiger partial charge on any atom is 0.220 e. The molecule has 2 unspecified atom stereocenters. The Labute approximate surface area is 136 Å². The molecular weight excluding hydrogens is 297 g/mol. The fourth-order valence-corrected chi connectivity index (χ4v) is 2.86. The van der Waals surface area contributed by atoms with Crippen LogP contribution < -0.4 is 11.1 Å². The van der Waals surface area contributed by atoms with Crippen LogP contribution in [0.1, 0.15) is 39.5 Å². The van der Waals surface area contributed by atoms with Crippen molar-refractivity contribution >= 4 is 30.7 Å². The molecule has 1 saturated heterocycles. The van der Waals surface area contributed by atoms with Crippen molar-refractivity contribution in [3.05, 3.63) is 0 Å². The number of nitrogens with one attached hydrogen (secondary N) is 1. The van der Waals surface area contributed by atoms with Gasteiger partial charge in [0.05, 0.1) is 0 Å². The zero-order valence-electron chi connectivity index (χ0n) is 12.8. The Morgan fingerprint density at radius 1 is 1.20 bits per heavy atom. The topological polar surface area (TPSA) is 58.4 Å². The Morgan fingerprint density at radius 2 is 1.80 bits per heavy atom. The third-order valence-corrected chi connectivity index (χ3v) is 3.53. The smallest absolute Gasteiger partial charge is 0.220 e. The van der Waals surface area contributed by atoms with E-state index in [9.17, 15) is 4.79 Å². The van der Waals surface area contributed by atoms with Crippen molar-refractivity contribution in [2.75, 3.05) is 32.7 Å². The molecule has 0 aromatic rings. The van der Waals surface area contributed by atoms with E-state index < -0.39 is 0 Å². The zero-order chi connectivity index (χ0) is 13.4. The van der Waals surface area contributed by atoms with E-state index in [1.54, 1.807) is 0 Å². The summed E-state index contributed by atoms with van der Waals surface area (Å²) >= 11 is 0. The predicted molar refractivity (Wildman–Crippen MR) is 89.8 cm³/mol. The molecular formula is C14H31Cl2N3O. The van der Waals surface area contributed by atoms with Crippen LogP contribution in [-0.2, 0) is 4.79 Å². The molecule has 0 radical (unpaired) electrons. The minimum atomic E-state index is 0. The number of hydrogen-bond acceptors (Lipinski definition) is 3. The first-order valence-electron chi connectivity index (χ1n) is 7.31. The van der Waals surface area contributed by atoms with Gasteiger partial charge in [-0.1, -0.05) is 13.8 Å². The van der Waals surface area contributed by atoms with Crippen LogP contribution in [0.2, 0.25) is 0 Å². The fourth-order valence-electron chi connectivity index (χ4n) is 2.86. The highest BCUT2D eigenvalue weighted by Gasteiger charge is 2.20. The van der Waals surface area contributed by atoms with E-state index in [4.69, 9.17) is 5.73 Å². The largest absolute Gasteiger partial charge is 0.356 e. The van der Waals surface area contributed by atoms with E-state index in [1.807, 2.05) is 0 Å². The number of carbonyl (C=O) groups excluding carboxylic acids is 1. The summed E-state index contributed by atoms with van der Waals surface area (Å²) in [5.74, 6) is 1.77. The standard InChI is InChI=1S/C14H29N3O.2ClH/c1-12-9-13(2)11-17(10-12)8-4-7-16-14(18)5-3-6-15;;/h12-13H,3-11,15H2,1-2H3,(H,16,18);2*1H. The summed E-state index contributed by atoms with van der Waals surface area (Å²) in [4.78, 5) is 13.9. The molecule has 1 rings (SSSR count). The SMILES string of the molecule is CC1CC(C)CN(CCCNC(=O)CCCN)C1.Cl.Cl. The number of hydrogen-bond donors (Lipinski definition) is 2. The van der Waals surface area contributed by atoms with Crippen LogP contribution in [-0.4, -0.2) is 43.5 Å². The fraction of sp³-hybridized carbons (Fsp3) is 0.929. The molecule has 0 aromatic carbocycles. The average molecular weight is 328 g/mol. The molecule has 1 heterocycles. The Morgan fingerprint density at radius 3 is 2.35 bits per heavy atom. The van der Waals surface area contributed by atoms with Gasteiger partial charge in [-0.05, 0) is 44.2 Å². The second-order valence-corrected chi connectivity index (χ2v) is 5.80. The Balaban J connectivity index is 0. The summed E-state index contributed by atoms with van der Waals surface area (Å²) in [6.07, 6.45) is 3.75. The van der Waals surface area contributed by atoms with Crippen LogP contribution in [0.25, 0.3) is 0 Å². The normalized spacial score (nSPS) is 22.6. The second-order valence-electron chi connectivity index (χ2n) is 5.80. The highest BCUT2D eigenvalue weighted by atomic mass is 35.5. The van der Waals surface area contributed by atoms with Gasteiger partial charge in [0.1, 0.15) is 0 Å². The first-order chi connectivity index (χ1) is 8.61. The number of likely N-dealkylation sites (tertiary alicyclic amines) is 1. The van der Waals surface area contributed by atoms with Gasteiger partial charge in [-0.3, -0.25) is 4.79 Å². The van der Waals surface area contributed by atoms with Gasteiger partial charge >= 0.3 is 0 Å². The van der Waals surface area contributed by atoms with Crippen molar-refractivity contribution in [3.8, 4) is 0 Å². The van der Waals surface area contributed by atoms with Gasteiger partial charge in [-0.15, -0.1) is 24.8 Å². The number of rotatable bonds is 7. The number of nitrogens with two attached hydrogens (primary N) is 1. The summed E-state index contributed by atoms with van der Waals surface area (Å²) in [5.41, 5.74) is 5.37. The van der Waals surface area contributed by atoms with E-state index in [0.717, 1.165) is 37.8 Å². The monoisotopic (exact) mass is 327 g/mol. The van der Waals surface area contributed by atoms with E-state index in [0.29, 0.717) is 13.0 Å². The highest BCUT2D eigenvalue weighted by Crippen LogP contribution is 2.20. The van der Waals surface area contributed by atoms with E-state index >= 15 is 0 Å². The number of piperidine rings is 1. The average Bonchev–Trinajstić information content (AvgIpc) is 2.31. The van der Waals surface area contributed by atoms with Crippen molar-refractivity contribution < 1.29 is 4.79 Å². The number of nitrogens with zero attached hydrogens (tertiary/aromatic N) is 1. The summed E-state index contributed by atoms with van der Waals surface area (Å²) in [6, 6.07) is 0. The Bertz CT molecular complexity index is 245. The lowest BCUT2D eigenvalue weighted by atomic mass is 9.92. The van der Waals surface area contributed by atoms with Crippen molar-refractivity contribution in [2.45, 2.75) is 39.5 Å². The summed E-state index contributed by atoms with van der Waals surface area (Å²) in [6.45, 7) is 9.58. The van der Waals surface area contributed by atoms with E-state index in [1.165, 1.54) is 19.5 Å². The number of halogens is 2. The van der Waals surface area contributed by atoms with Crippen LogP contribution in [0.5, 0.6) is 0 Å². The molecule has 4 nitrogen and oxygen atoms in total. The summed E-state index contributed by atoms with van der Waals surface area (Å²) in [5, 5.41) is 2.96. The first kappa shape index (κ1) is 22.3. The maximum atomic E-state index is 11.4. The predicted octanol–water partition coefficient (Wildman–Crippen LogP) is 2.05. The first-order valence-corrected chi connectivity index (χ1v) is 7.31. The van der Waals surface area contributed by atoms with Gasteiger partial charge in [0.25, 0.3) is 0 Å². The van der Waals surface area contributed by atoms with E-state index in [-0.39, 0.29) is 30.7 Å². The van der Waals surface area contributed by atoms with Gasteiger partial charge in [0.2, 0.25) is 5.91 Å². The summed E-state index contributed by atoms with van der Waals surface area (Å²) < 4.78 is 0. The molecule has 1 aliphatic heterocycles.